The zero-order valence-corrected chi connectivity index (χ0v) is 13.1. The highest BCUT2D eigenvalue weighted by Gasteiger charge is 2.45. The highest BCUT2D eigenvalue weighted by molar-refractivity contribution is 5.73. The molecular weight excluding hydrogens is 290 g/mol. The quantitative estimate of drug-likeness (QED) is 0.854. The van der Waals surface area contributed by atoms with Crippen LogP contribution in [0.5, 0.6) is 5.75 Å². The van der Waals surface area contributed by atoms with Crippen molar-refractivity contribution < 1.29 is 9.53 Å². The van der Waals surface area contributed by atoms with Gasteiger partial charge in [0.2, 0.25) is 5.91 Å². The summed E-state index contributed by atoms with van der Waals surface area (Å²) in [5.74, 6) is 1.29. The van der Waals surface area contributed by atoms with Gasteiger partial charge in [-0.2, -0.15) is 0 Å². The fourth-order valence-electron chi connectivity index (χ4n) is 3.60. The molecule has 0 aliphatic carbocycles. The lowest BCUT2D eigenvalue weighted by Gasteiger charge is -2.35. The third-order valence-electron chi connectivity index (χ3n) is 4.61. The highest BCUT2D eigenvalue weighted by Crippen LogP contribution is 2.44. The van der Waals surface area contributed by atoms with E-state index in [1.807, 2.05) is 41.5 Å². The van der Waals surface area contributed by atoms with Crippen LogP contribution in [0.4, 0.5) is 0 Å². The molecule has 3 heterocycles. The van der Waals surface area contributed by atoms with Crippen molar-refractivity contribution in [3.63, 3.8) is 0 Å². The number of aromatic nitrogens is 1. The smallest absolute Gasteiger partial charge is 0.233 e. The molecule has 1 fully saturated rings. The maximum atomic E-state index is 12.1. The number of hydrogen-bond acceptors (Lipinski definition) is 4. The molecule has 0 spiro atoms. The van der Waals surface area contributed by atoms with Crippen molar-refractivity contribution in [1.82, 2.24) is 15.0 Å². The van der Waals surface area contributed by atoms with Gasteiger partial charge in [0.05, 0.1) is 12.6 Å². The molecule has 1 aromatic carbocycles. The van der Waals surface area contributed by atoms with Crippen LogP contribution in [0, 0.1) is 5.92 Å². The number of carbonyl (C=O) groups excluding carboxylic acids is 1. The topological polar surface area (TPSA) is 45.7 Å². The molecule has 2 aliphatic rings. The number of carbonyl (C=O) groups is 1. The predicted molar refractivity (Wildman–Crippen MR) is 85.3 cm³/mol. The molecule has 118 valence electrons. The zero-order valence-electron chi connectivity index (χ0n) is 13.1. The van der Waals surface area contributed by atoms with Gasteiger partial charge in [-0.3, -0.25) is 14.8 Å². The SMILES string of the molecule is CC(=O)N1C[C@@H]2COc3ccccc3[C@@H]2N1Cc1cccnc1. The Morgan fingerprint density at radius 1 is 1.30 bits per heavy atom. The van der Waals surface area contributed by atoms with E-state index in [2.05, 4.69) is 16.1 Å². The summed E-state index contributed by atoms with van der Waals surface area (Å²) < 4.78 is 5.89. The van der Waals surface area contributed by atoms with E-state index in [0.717, 1.165) is 16.9 Å². The number of amides is 1. The molecule has 0 bridgehead atoms. The molecule has 2 aliphatic heterocycles. The summed E-state index contributed by atoms with van der Waals surface area (Å²) in [5.41, 5.74) is 2.26. The minimum atomic E-state index is 0.0702. The first-order chi connectivity index (χ1) is 11.2. The van der Waals surface area contributed by atoms with Gasteiger partial charge < -0.3 is 4.74 Å². The van der Waals surface area contributed by atoms with Crippen LogP contribution < -0.4 is 4.74 Å². The lowest BCUT2D eigenvalue weighted by Crippen LogP contribution is -2.40. The Labute approximate surface area is 135 Å². The second-order valence-corrected chi connectivity index (χ2v) is 6.11. The maximum Gasteiger partial charge on any atom is 0.233 e. The predicted octanol–water partition coefficient (Wildman–Crippen LogP) is 2.41. The van der Waals surface area contributed by atoms with Crippen molar-refractivity contribution in [1.29, 1.82) is 0 Å². The molecule has 5 heteroatoms. The molecule has 1 saturated heterocycles. The lowest BCUT2D eigenvalue weighted by atomic mass is 9.91. The van der Waals surface area contributed by atoms with Gasteiger partial charge in [0.1, 0.15) is 5.75 Å². The zero-order chi connectivity index (χ0) is 15.8. The molecule has 0 N–H and O–H groups in total. The number of fused-ring (bicyclic) bond motifs is 3. The van der Waals surface area contributed by atoms with Crippen molar-refractivity contribution in [3.05, 3.63) is 59.9 Å². The summed E-state index contributed by atoms with van der Waals surface area (Å²) in [6.07, 6.45) is 3.62. The monoisotopic (exact) mass is 309 g/mol. The van der Waals surface area contributed by atoms with Crippen LogP contribution in [-0.4, -0.2) is 34.1 Å². The van der Waals surface area contributed by atoms with Crippen LogP contribution in [-0.2, 0) is 11.3 Å². The second kappa shape index (κ2) is 5.66. The maximum absolute atomic E-state index is 12.1. The number of pyridine rings is 1. The van der Waals surface area contributed by atoms with Crippen molar-refractivity contribution in [2.45, 2.75) is 19.5 Å². The van der Waals surface area contributed by atoms with Crippen molar-refractivity contribution >= 4 is 5.91 Å². The molecule has 2 aromatic rings. The normalized spacial score (nSPS) is 23.1. The Hall–Kier alpha value is -2.40. The average molecular weight is 309 g/mol. The summed E-state index contributed by atoms with van der Waals surface area (Å²) >= 11 is 0. The number of ether oxygens (including phenoxy) is 1. The molecule has 0 unspecified atom stereocenters. The van der Waals surface area contributed by atoms with Crippen LogP contribution in [0.15, 0.2) is 48.8 Å². The summed E-state index contributed by atoms with van der Waals surface area (Å²) in [5, 5.41) is 4.03. The van der Waals surface area contributed by atoms with E-state index in [1.165, 1.54) is 0 Å². The molecule has 4 rings (SSSR count). The first-order valence-corrected chi connectivity index (χ1v) is 7.89. The van der Waals surface area contributed by atoms with Gasteiger partial charge in [-0.1, -0.05) is 24.3 Å². The van der Waals surface area contributed by atoms with Gasteiger partial charge >= 0.3 is 0 Å². The van der Waals surface area contributed by atoms with Gasteiger partial charge in [-0.15, -0.1) is 0 Å². The minimum Gasteiger partial charge on any atom is -0.493 e. The molecular formula is C18H19N3O2. The minimum absolute atomic E-state index is 0.0702. The largest absolute Gasteiger partial charge is 0.493 e. The van der Waals surface area contributed by atoms with Crippen LogP contribution >= 0.6 is 0 Å². The van der Waals surface area contributed by atoms with E-state index in [0.29, 0.717) is 25.6 Å². The Morgan fingerprint density at radius 2 is 2.17 bits per heavy atom. The summed E-state index contributed by atoms with van der Waals surface area (Å²) in [6, 6.07) is 12.3. The van der Waals surface area contributed by atoms with E-state index < -0.39 is 0 Å². The molecule has 5 nitrogen and oxygen atoms in total. The fraction of sp³-hybridized carbons (Fsp3) is 0.333. The summed E-state index contributed by atoms with van der Waals surface area (Å²) in [7, 11) is 0. The number of nitrogens with zero attached hydrogens (tertiary/aromatic N) is 3. The lowest BCUT2D eigenvalue weighted by molar-refractivity contribution is -0.144. The van der Waals surface area contributed by atoms with Gasteiger partial charge in [0, 0.05) is 43.9 Å². The van der Waals surface area contributed by atoms with Gasteiger partial charge in [0.25, 0.3) is 0 Å². The van der Waals surface area contributed by atoms with E-state index in [1.54, 1.807) is 13.1 Å². The van der Waals surface area contributed by atoms with Crippen LogP contribution in [0.1, 0.15) is 24.1 Å². The van der Waals surface area contributed by atoms with E-state index in [4.69, 9.17) is 4.74 Å². The first kappa shape index (κ1) is 14.2. The van der Waals surface area contributed by atoms with Crippen LogP contribution in [0.2, 0.25) is 0 Å². The number of hydrogen-bond donors (Lipinski definition) is 0. The van der Waals surface area contributed by atoms with Crippen LogP contribution in [0.3, 0.4) is 0 Å². The third-order valence-corrected chi connectivity index (χ3v) is 4.61. The number of para-hydroxylation sites is 1. The average Bonchev–Trinajstić information content (AvgIpc) is 2.95. The Morgan fingerprint density at radius 3 is 2.96 bits per heavy atom. The van der Waals surface area contributed by atoms with Crippen molar-refractivity contribution in [2.24, 2.45) is 5.92 Å². The van der Waals surface area contributed by atoms with Gasteiger partial charge in [0.15, 0.2) is 0 Å². The number of rotatable bonds is 2. The number of benzene rings is 1. The Balaban J connectivity index is 1.72. The number of hydrazine groups is 1. The van der Waals surface area contributed by atoms with E-state index in [9.17, 15) is 4.79 Å². The molecule has 0 saturated carbocycles. The molecule has 0 radical (unpaired) electrons. The van der Waals surface area contributed by atoms with Crippen LogP contribution in [0.25, 0.3) is 0 Å². The van der Waals surface area contributed by atoms with Crippen molar-refractivity contribution in [2.75, 3.05) is 13.2 Å². The summed E-state index contributed by atoms with van der Waals surface area (Å²) in [6.45, 7) is 3.65. The highest BCUT2D eigenvalue weighted by atomic mass is 16.5. The van der Waals surface area contributed by atoms with Gasteiger partial charge in [-0.05, 0) is 17.7 Å². The standard InChI is InChI=1S/C18H19N3O2/c1-13(22)20-11-15-12-23-17-7-3-2-6-16(17)18(15)21(20)10-14-5-4-8-19-9-14/h2-9,15,18H,10-12H2,1H3/t15-,18-/m1/s1. The second-order valence-electron chi connectivity index (χ2n) is 6.11. The van der Waals surface area contributed by atoms with E-state index in [-0.39, 0.29) is 11.9 Å². The molecule has 23 heavy (non-hydrogen) atoms. The third kappa shape index (κ3) is 2.47. The first-order valence-electron chi connectivity index (χ1n) is 7.89. The summed E-state index contributed by atoms with van der Waals surface area (Å²) in [4.78, 5) is 16.3. The Kier molecular flexibility index (Phi) is 3.50. The van der Waals surface area contributed by atoms with E-state index >= 15 is 0 Å². The van der Waals surface area contributed by atoms with Gasteiger partial charge in [-0.25, -0.2) is 5.01 Å². The molecule has 1 amide bonds. The molecule has 1 aromatic heterocycles. The van der Waals surface area contributed by atoms with Crippen molar-refractivity contribution in [3.8, 4) is 5.75 Å². The molecule has 2 atom stereocenters. The Bertz CT molecular complexity index is 719. The fourth-order valence-corrected chi connectivity index (χ4v) is 3.60.